The Morgan fingerprint density at radius 1 is 1.17 bits per heavy atom. The van der Waals surface area contributed by atoms with Gasteiger partial charge in [0.2, 0.25) is 0 Å². The number of morpholine rings is 1. The molecule has 134 valence electrons. The van der Waals surface area contributed by atoms with E-state index in [4.69, 9.17) is 10.5 Å². The summed E-state index contributed by atoms with van der Waals surface area (Å²) in [5.74, 6) is 0.434. The minimum absolute atomic E-state index is 0.211. The lowest BCUT2D eigenvalue weighted by atomic mass is 9.88. The highest BCUT2D eigenvalue weighted by Crippen LogP contribution is 2.32. The van der Waals surface area contributed by atoms with Crippen molar-refractivity contribution in [2.75, 3.05) is 36.8 Å². The predicted molar refractivity (Wildman–Crippen MR) is 96.8 cm³/mol. The van der Waals surface area contributed by atoms with Crippen LogP contribution in [0, 0.1) is 11.7 Å². The fraction of sp³-hybridized carbons (Fsp3) is 0.684. The largest absolute Gasteiger partial charge is 0.397 e. The third kappa shape index (κ3) is 3.67. The van der Waals surface area contributed by atoms with Gasteiger partial charge in [-0.05, 0) is 51.7 Å². The van der Waals surface area contributed by atoms with Gasteiger partial charge in [-0.3, -0.25) is 4.90 Å². The number of hydrogen-bond acceptors (Lipinski definition) is 4. The average molecular weight is 335 g/mol. The maximum Gasteiger partial charge on any atom is 0.148 e. The molecule has 1 aromatic carbocycles. The van der Waals surface area contributed by atoms with Crippen LogP contribution in [0.1, 0.15) is 33.6 Å². The Morgan fingerprint density at radius 3 is 2.38 bits per heavy atom. The predicted octanol–water partition coefficient (Wildman–Crippen LogP) is 3.12. The number of rotatable bonds is 3. The van der Waals surface area contributed by atoms with Crippen molar-refractivity contribution in [3.8, 4) is 0 Å². The van der Waals surface area contributed by atoms with E-state index < -0.39 is 0 Å². The average Bonchev–Trinajstić information content (AvgIpc) is 2.54. The zero-order valence-electron chi connectivity index (χ0n) is 15.0. The van der Waals surface area contributed by atoms with Gasteiger partial charge in [0.1, 0.15) is 5.82 Å². The van der Waals surface area contributed by atoms with Crippen LogP contribution in [0.3, 0.4) is 0 Å². The molecule has 0 aliphatic carbocycles. The molecule has 0 radical (unpaired) electrons. The highest BCUT2D eigenvalue weighted by atomic mass is 19.1. The lowest BCUT2D eigenvalue weighted by Crippen LogP contribution is -2.52. The molecule has 5 heteroatoms. The maximum atomic E-state index is 14.1. The fourth-order valence-electron chi connectivity index (χ4n) is 4.32. The first-order valence-corrected chi connectivity index (χ1v) is 9.14. The minimum atomic E-state index is -0.211. The summed E-state index contributed by atoms with van der Waals surface area (Å²) < 4.78 is 20.0. The Balaban J connectivity index is 1.60. The number of para-hydroxylation sites is 1. The monoisotopic (exact) mass is 335 g/mol. The summed E-state index contributed by atoms with van der Waals surface area (Å²) in [6.07, 6.45) is 2.76. The Morgan fingerprint density at radius 2 is 1.79 bits per heavy atom. The quantitative estimate of drug-likeness (QED) is 0.862. The molecule has 3 unspecified atom stereocenters. The standard InChI is InChI=1S/C19H30FN3O/c1-13-11-23(12-14(2)24-13)15(3)16-7-9-22(10-8-16)19-17(20)5-4-6-18(19)21/h4-6,13-16H,7-12,21H2,1-3H3. The second kappa shape index (κ2) is 7.28. The van der Waals surface area contributed by atoms with Gasteiger partial charge in [0.25, 0.3) is 0 Å². The second-order valence-electron chi connectivity index (χ2n) is 7.45. The summed E-state index contributed by atoms with van der Waals surface area (Å²) >= 11 is 0. The van der Waals surface area contributed by atoms with Gasteiger partial charge in [-0.15, -0.1) is 0 Å². The Bertz CT molecular complexity index is 529. The van der Waals surface area contributed by atoms with E-state index in [0.29, 0.717) is 35.5 Å². The lowest BCUT2D eigenvalue weighted by molar-refractivity contribution is -0.0857. The normalized spacial score (nSPS) is 28.1. The smallest absolute Gasteiger partial charge is 0.148 e. The van der Waals surface area contributed by atoms with Crippen LogP contribution in [0.5, 0.6) is 0 Å². The Hall–Kier alpha value is -1.33. The summed E-state index contributed by atoms with van der Waals surface area (Å²) in [4.78, 5) is 4.68. The molecule has 2 heterocycles. The van der Waals surface area contributed by atoms with Crippen molar-refractivity contribution >= 4 is 11.4 Å². The molecule has 0 spiro atoms. The molecule has 2 fully saturated rings. The van der Waals surface area contributed by atoms with Crippen molar-refractivity contribution < 1.29 is 9.13 Å². The van der Waals surface area contributed by atoms with Gasteiger partial charge in [0, 0.05) is 32.2 Å². The van der Waals surface area contributed by atoms with Crippen molar-refractivity contribution in [1.82, 2.24) is 4.90 Å². The molecule has 2 saturated heterocycles. The summed E-state index contributed by atoms with van der Waals surface area (Å²) in [7, 11) is 0. The Labute approximate surface area is 144 Å². The van der Waals surface area contributed by atoms with Crippen molar-refractivity contribution in [2.45, 2.75) is 51.9 Å². The third-order valence-electron chi connectivity index (χ3n) is 5.58. The van der Waals surface area contributed by atoms with Crippen LogP contribution >= 0.6 is 0 Å². The van der Waals surface area contributed by atoms with Gasteiger partial charge in [-0.1, -0.05) is 6.07 Å². The molecule has 0 bridgehead atoms. The number of nitrogens with zero attached hydrogens (tertiary/aromatic N) is 2. The molecule has 0 amide bonds. The van der Waals surface area contributed by atoms with Crippen molar-refractivity contribution in [1.29, 1.82) is 0 Å². The van der Waals surface area contributed by atoms with Crippen LogP contribution in [-0.4, -0.2) is 49.3 Å². The molecule has 2 N–H and O–H groups in total. The van der Waals surface area contributed by atoms with E-state index >= 15 is 0 Å². The van der Waals surface area contributed by atoms with Crippen LogP contribution in [0.2, 0.25) is 0 Å². The lowest BCUT2D eigenvalue weighted by Gasteiger charge is -2.44. The number of nitrogens with two attached hydrogens (primary N) is 1. The second-order valence-corrected chi connectivity index (χ2v) is 7.45. The number of nitrogen functional groups attached to an aromatic ring is 1. The molecular weight excluding hydrogens is 305 g/mol. The van der Waals surface area contributed by atoms with Crippen LogP contribution < -0.4 is 10.6 Å². The van der Waals surface area contributed by atoms with E-state index in [9.17, 15) is 4.39 Å². The van der Waals surface area contributed by atoms with Crippen LogP contribution in [0.4, 0.5) is 15.8 Å². The number of anilines is 2. The highest BCUT2D eigenvalue weighted by molar-refractivity contribution is 5.68. The van der Waals surface area contributed by atoms with Crippen LogP contribution in [0.25, 0.3) is 0 Å². The van der Waals surface area contributed by atoms with Crippen molar-refractivity contribution in [2.24, 2.45) is 5.92 Å². The van der Waals surface area contributed by atoms with Gasteiger partial charge < -0.3 is 15.4 Å². The first-order valence-electron chi connectivity index (χ1n) is 9.14. The van der Waals surface area contributed by atoms with Crippen LogP contribution in [-0.2, 0) is 4.74 Å². The zero-order chi connectivity index (χ0) is 17.3. The minimum Gasteiger partial charge on any atom is -0.397 e. The van der Waals surface area contributed by atoms with Gasteiger partial charge in [0.05, 0.1) is 23.6 Å². The third-order valence-corrected chi connectivity index (χ3v) is 5.58. The van der Waals surface area contributed by atoms with Gasteiger partial charge in [-0.2, -0.15) is 0 Å². The summed E-state index contributed by atoms with van der Waals surface area (Å²) in [6, 6.07) is 5.49. The first kappa shape index (κ1) is 17.5. The van der Waals surface area contributed by atoms with Gasteiger partial charge in [0.15, 0.2) is 0 Å². The molecule has 0 saturated carbocycles. The summed E-state index contributed by atoms with van der Waals surface area (Å²) in [5, 5.41) is 0. The van der Waals surface area contributed by atoms with E-state index in [1.807, 2.05) is 0 Å². The Kier molecular flexibility index (Phi) is 5.30. The number of ether oxygens (including phenoxy) is 1. The molecule has 4 nitrogen and oxygen atoms in total. The SMILES string of the molecule is CC1CN(C(C)C2CCN(c3c(N)cccc3F)CC2)CC(C)O1. The number of halogens is 1. The molecule has 0 aromatic heterocycles. The van der Waals surface area contributed by atoms with E-state index in [0.717, 1.165) is 39.0 Å². The number of hydrogen-bond donors (Lipinski definition) is 1. The topological polar surface area (TPSA) is 41.7 Å². The van der Waals surface area contributed by atoms with Crippen molar-refractivity contribution in [3.05, 3.63) is 24.0 Å². The van der Waals surface area contributed by atoms with Gasteiger partial charge >= 0.3 is 0 Å². The maximum absolute atomic E-state index is 14.1. The van der Waals surface area contributed by atoms with Gasteiger partial charge in [-0.25, -0.2) is 4.39 Å². The highest BCUT2D eigenvalue weighted by Gasteiger charge is 2.32. The van der Waals surface area contributed by atoms with E-state index in [2.05, 4.69) is 30.6 Å². The van der Waals surface area contributed by atoms with Crippen molar-refractivity contribution in [3.63, 3.8) is 0 Å². The van der Waals surface area contributed by atoms with E-state index in [1.54, 1.807) is 12.1 Å². The molecule has 2 aliphatic heterocycles. The number of benzene rings is 1. The molecule has 1 aromatic rings. The zero-order valence-corrected chi connectivity index (χ0v) is 15.0. The molecule has 3 atom stereocenters. The fourth-order valence-corrected chi connectivity index (χ4v) is 4.32. The summed E-state index contributed by atoms with van der Waals surface area (Å²) in [5.41, 5.74) is 7.11. The summed E-state index contributed by atoms with van der Waals surface area (Å²) in [6.45, 7) is 10.4. The molecule has 3 rings (SSSR count). The first-order chi connectivity index (χ1) is 11.5. The van der Waals surface area contributed by atoms with E-state index in [-0.39, 0.29) is 5.82 Å². The molecular formula is C19H30FN3O. The molecule has 2 aliphatic rings. The number of piperidine rings is 1. The van der Waals surface area contributed by atoms with Crippen LogP contribution in [0.15, 0.2) is 18.2 Å². The molecule has 24 heavy (non-hydrogen) atoms. The van der Waals surface area contributed by atoms with E-state index in [1.165, 1.54) is 6.07 Å².